The molecule has 3 atom stereocenters. The molecular formula is C25H39N3O4. The first kappa shape index (κ1) is 27.4. The molecule has 178 valence electrons. The number of nitrogens with zero attached hydrogens (tertiary/aromatic N) is 1. The summed E-state index contributed by atoms with van der Waals surface area (Å²) in [6.45, 7) is 12.9. The molecule has 3 N–H and O–H groups in total. The van der Waals surface area contributed by atoms with Gasteiger partial charge in [0.1, 0.15) is 6.04 Å². The Hall–Kier alpha value is -2.67. The van der Waals surface area contributed by atoms with Gasteiger partial charge >= 0.3 is 5.97 Å². The zero-order valence-electron chi connectivity index (χ0n) is 20.8. The van der Waals surface area contributed by atoms with Gasteiger partial charge in [0.05, 0.1) is 6.04 Å². The van der Waals surface area contributed by atoms with Crippen LogP contribution in [0.1, 0.15) is 54.0 Å². The fraction of sp³-hybridized carbons (Fsp3) is 0.560. The fourth-order valence-electron chi connectivity index (χ4n) is 3.68. The zero-order valence-corrected chi connectivity index (χ0v) is 20.8. The Kier molecular flexibility index (Phi) is 9.21. The molecule has 1 rings (SSSR count). The number of carbonyl (C=O) groups excluding carboxylic acids is 2. The maximum atomic E-state index is 13.4. The molecule has 0 aliphatic carbocycles. The molecule has 1 aromatic rings. The van der Waals surface area contributed by atoms with Crippen LogP contribution in [0.4, 0.5) is 0 Å². The lowest BCUT2D eigenvalue weighted by atomic mass is 9.76. The highest BCUT2D eigenvalue weighted by molar-refractivity contribution is 5.91. The van der Waals surface area contributed by atoms with Gasteiger partial charge in [0, 0.05) is 24.1 Å². The van der Waals surface area contributed by atoms with E-state index < -0.39 is 34.9 Å². The van der Waals surface area contributed by atoms with E-state index in [-0.39, 0.29) is 17.4 Å². The lowest BCUT2D eigenvalue weighted by Crippen LogP contribution is -2.61. The Bertz CT molecular complexity index is 840. The second kappa shape index (κ2) is 10.8. The van der Waals surface area contributed by atoms with Crippen molar-refractivity contribution in [3.63, 3.8) is 0 Å². The molecule has 0 bridgehead atoms. The topological polar surface area (TPSA) is 98.7 Å². The summed E-state index contributed by atoms with van der Waals surface area (Å²) in [6, 6.07) is 7.97. The number of benzene rings is 1. The molecule has 0 saturated heterocycles. The minimum atomic E-state index is -1.03. The summed E-state index contributed by atoms with van der Waals surface area (Å²) in [5.41, 5.74) is 0.0922. The van der Waals surface area contributed by atoms with Crippen molar-refractivity contribution in [1.29, 1.82) is 0 Å². The predicted octanol–water partition coefficient (Wildman–Crippen LogP) is 2.96. The van der Waals surface area contributed by atoms with Crippen molar-refractivity contribution in [2.24, 2.45) is 5.41 Å². The maximum absolute atomic E-state index is 13.4. The Labute approximate surface area is 192 Å². The molecule has 0 aliphatic rings. The van der Waals surface area contributed by atoms with Crippen molar-refractivity contribution >= 4 is 17.8 Å². The Morgan fingerprint density at radius 3 is 2.00 bits per heavy atom. The van der Waals surface area contributed by atoms with Crippen LogP contribution in [0.15, 0.2) is 42.0 Å². The molecule has 0 spiro atoms. The van der Waals surface area contributed by atoms with Crippen LogP contribution in [-0.4, -0.2) is 60.0 Å². The minimum Gasteiger partial charge on any atom is -0.478 e. The molecule has 7 heteroatoms. The Morgan fingerprint density at radius 1 is 1.03 bits per heavy atom. The molecule has 1 aromatic carbocycles. The molecule has 0 unspecified atom stereocenters. The van der Waals surface area contributed by atoms with E-state index in [2.05, 4.69) is 10.6 Å². The summed E-state index contributed by atoms with van der Waals surface area (Å²) in [4.78, 5) is 39.4. The van der Waals surface area contributed by atoms with Gasteiger partial charge in [-0.1, -0.05) is 71.0 Å². The number of nitrogens with one attached hydrogen (secondary N) is 2. The van der Waals surface area contributed by atoms with Crippen LogP contribution in [-0.2, 0) is 19.8 Å². The lowest BCUT2D eigenvalue weighted by Gasteiger charge is -2.38. The van der Waals surface area contributed by atoms with E-state index in [9.17, 15) is 14.4 Å². The molecule has 0 fully saturated rings. The molecule has 0 heterocycles. The summed E-state index contributed by atoms with van der Waals surface area (Å²) in [5.74, 6) is -1.58. The molecule has 2 amide bonds. The van der Waals surface area contributed by atoms with Gasteiger partial charge in [-0.2, -0.15) is 0 Å². The van der Waals surface area contributed by atoms with Crippen molar-refractivity contribution in [2.45, 2.75) is 72.0 Å². The van der Waals surface area contributed by atoms with Gasteiger partial charge in [0.2, 0.25) is 11.8 Å². The first-order chi connectivity index (χ1) is 14.6. The van der Waals surface area contributed by atoms with Crippen molar-refractivity contribution in [1.82, 2.24) is 15.5 Å². The number of carbonyl (C=O) groups is 3. The molecule has 0 radical (unpaired) electrons. The smallest absolute Gasteiger partial charge is 0.331 e. The number of aliphatic carboxylic acids is 1. The third-order valence-corrected chi connectivity index (χ3v) is 5.98. The average molecular weight is 446 g/mol. The first-order valence-electron chi connectivity index (χ1n) is 10.9. The van der Waals surface area contributed by atoms with Crippen LogP contribution in [0, 0.1) is 5.41 Å². The Morgan fingerprint density at radius 2 is 1.56 bits per heavy atom. The summed E-state index contributed by atoms with van der Waals surface area (Å²) in [6.07, 6.45) is 1.52. The highest BCUT2D eigenvalue weighted by Crippen LogP contribution is 2.28. The number of likely N-dealkylation sites (N-methyl/N-ethyl adjacent to an activating group) is 2. The number of rotatable bonds is 9. The zero-order chi connectivity index (χ0) is 24.9. The van der Waals surface area contributed by atoms with Gasteiger partial charge < -0.3 is 20.6 Å². The second-order valence-electron chi connectivity index (χ2n) is 9.96. The molecular weight excluding hydrogens is 406 g/mol. The third-order valence-electron chi connectivity index (χ3n) is 5.98. The van der Waals surface area contributed by atoms with Crippen LogP contribution in [0.2, 0.25) is 0 Å². The standard InChI is InChI=1S/C25H39N3O4/c1-16(23(31)32)15-17(2)28(9)22(30)20(24(3,4)5)27-21(29)19(26-8)25(6,7)18-13-11-10-12-14-18/h10-15,17,19-20,26H,1-9H3,(H,27,29)(H,31,32)/t17-,19+,20+/m0/s1. The van der Waals surface area contributed by atoms with E-state index in [1.165, 1.54) is 17.9 Å². The van der Waals surface area contributed by atoms with Crippen molar-refractivity contribution in [3.05, 3.63) is 47.5 Å². The minimum absolute atomic E-state index is 0.161. The average Bonchev–Trinajstić information content (AvgIpc) is 2.70. The van der Waals surface area contributed by atoms with Crippen molar-refractivity contribution in [3.8, 4) is 0 Å². The monoisotopic (exact) mass is 445 g/mol. The van der Waals surface area contributed by atoms with E-state index >= 15 is 0 Å². The van der Waals surface area contributed by atoms with Crippen LogP contribution in [0.5, 0.6) is 0 Å². The third kappa shape index (κ3) is 6.66. The molecule has 32 heavy (non-hydrogen) atoms. The maximum Gasteiger partial charge on any atom is 0.331 e. The van der Waals surface area contributed by atoms with Gasteiger partial charge in [-0.3, -0.25) is 9.59 Å². The van der Waals surface area contributed by atoms with Crippen LogP contribution in [0.3, 0.4) is 0 Å². The fourth-order valence-corrected chi connectivity index (χ4v) is 3.68. The van der Waals surface area contributed by atoms with Gasteiger partial charge in [-0.05, 0) is 31.9 Å². The number of hydrogen-bond acceptors (Lipinski definition) is 4. The largest absolute Gasteiger partial charge is 0.478 e. The summed E-state index contributed by atoms with van der Waals surface area (Å²) in [5, 5.41) is 15.2. The van der Waals surface area contributed by atoms with Crippen molar-refractivity contribution < 1.29 is 19.5 Å². The van der Waals surface area contributed by atoms with E-state index in [0.717, 1.165) is 5.56 Å². The lowest BCUT2D eigenvalue weighted by molar-refractivity contribution is -0.140. The highest BCUT2D eigenvalue weighted by atomic mass is 16.4. The van der Waals surface area contributed by atoms with Gasteiger partial charge in [0.15, 0.2) is 0 Å². The molecule has 0 saturated carbocycles. The summed E-state index contributed by atoms with van der Waals surface area (Å²) in [7, 11) is 3.35. The number of carboxylic acid groups (broad SMARTS) is 1. The highest BCUT2D eigenvalue weighted by Gasteiger charge is 2.41. The summed E-state index contributed by atoms with van der Waals surface area (Å²) < 4.78 is 0. The number of carboxylic acids is 1. The predicted molar refractivity (Wildman–Crippen MR) is 127 cm³/mol. The summed E-state index contributed by atoms with van der Waals surface area (Å²) >= 11 is 0. The normalized spacial score (nSPS) is 15.5. The van der Waals surface area contributed by atoms with E-state index in [1.807, 2.05) is 65.0 Å². The van der Waals surface area contributed by atoms with E-state index in [4.69, 9.17) is 5.11 Å². The molecule has 0 aliphatic heterocycles. The van der Waals surface area contributed by atoms with E-state index in [1.54, 1.807) is 21.0 Å². The SMILES string of the molecule is CN[C@H](C(=O)N[C@H](C(=O)N(C)[C@@H](C)C=C(C)C(=O)O)C(C)(C)C)C(C)(C)c1ccccc1. The van der Waals surface area contributed by atoms with E-state index in [0.29, 0.717) is 0 Å². The Balaban J connectivity index is 3.18. The number of hydrogen-bond donors (Lipinski definition) is 3. The van der Waals surface area contributed by atoms with Crippen LogP contribution in [0.25, 0.3) is 0 Å². The van der Waals surface area contributed by atoms with Gasteiger partial charge in [-0.25, -0.2) is 4.79 Å². The first-order valence-corrected chi connectivity index (χ1v) is 10.9. The van der Waals surface area contributed by atoms with Crippen LogP contribution >= 0.6 is 0 Å². The second-order valence-corrected chi connectivity index (χ2v) is 9.96. The molecule has 7 nitrogen and oxygen atoms in total. The molecule has 0 aromatic heterocycles. The van der Waals surface area contributed by atoms with Crippen LogP contribution < -0.4 is 10.6 Å². The number of amides is 2. The van der Waals surface area contributed by atoms with Gasteiger partial charge in [0.25, 0.3) is 0 Å². The van der Waals surface area contributed by atoms with Gasteiger partial charge in [-0.15, -0.1) is 0 Å². The quantitative estimate of drug-likeness (QED) is 0.508. The van der Waals surface area contributed by atoms with Crippen molar-refractivity contribution in [2.75, 3.05) is 14.1 Å².